The number of hydrogen-bond donors (Lipinski definition) is 1. The summed E-state index contributed by atoms with van der Waals surface area (Å²) in [7, 11) is 13.8. The first-order valence-electron chi connectivity index (χ1n) is 4.94. The molecule has 0 amide bonds. The fourth-order valence-electron chi connectivity index (χ4n) is 1.40. The monoisotopic (exact) mass is 308 g/mol. The highest BCUT2D eigenvalue weighted by atomic mass is 35.7. The molecule has 0 aliphatic carbocycles. The van der Waals surface area contributed by atoms with Gasteiger partial charge in [-0.05, 0) is 61.5 Å². The summed E-state index contributed by atoms with van der Waals surface area (Å²) in [5.74, 6) is 1.65. The molecule has 1 aliphatic rings. The number of amidine groups is 1. The van der Waals surface area contributed by atoms with Crippen molar-refractivity contribution >= 4 is 49.2 Å². The van der Waals surface area contributed by atoms with Gasteiger partial charge in [0.25, 0.3) is 0 Å². The molecular weight excluding hydrogens is 299 g/mol. The maximum Gasteiger partial charge on any atom is 0.145 e. The Balaban J connectivity index is 2.00. The Morgan fingerprint density at radius 2 is 2.12 bits per heavy atom. The molecule has 1 aromatic carbocycles. The number of hydrogen-bond acceptors (Lipinski definition) is 5. The highest BCUT2D eigenvalue weighted by molar-refractivity contribution is 8.23. The lowest BCUT2D eigenvalue weighted by molar-refractivity contribution is 0.372. The molecule has 0 radical (unpaired) electrons. The maximum absolute atomic E-state index is 5.76. The van der Waals surface area contributed by atoms with E-state index in [-0.39, 0.29) is 0 Å². The van der Waals surface area contributed by atoms with Crippen molar-refractivity contribution in [2.45, 2.75) is 9.79 Å². The minimum absolute atomic E-state index is 0.458. The van der Waals surface area contributed by atoms with Gasteiger partial charge in [-0.2, -0.15) is 0 Å². The van der Waals surface area contributed by atoms with E-state index in [2.05, 4.69) is 10.3 Å². The van der Waals surface area contributed by atoms with Crippen molar-refractivity contribution in [1.82, 2.24) is 5.32 Å². The molecule has 2 rings (SSSR count). The highest BCUT2D eigenvalue weighted by Gasteiger charge is 2.08. The SMILES string of the molecule is ClSc1ccc(OCC2=NCCN2)cc1SCl. The third kappa shape index (κ3) is 3.61. The number of halogens is 2. The first kappa shape index (κ1) is 13.2. The first-order valence-corrected chi connectivity index (χ1v) is 8.23. The second-order valence-electron chi connectivity index (χ2n) is 3.31. The van der Waals surface area contributed by atoms with Gasteiger partial charge < -0.3 is 10.1 Å². The summed E-state index contributed by atoms with van der Waals surface area (Å²) in [6, 6.07) is 5.64. The van der Waals surface area contributed by atoms with Gasteiger partial charge >= 0.3 is 0 Å². The van der Waals surface area contributed by atoms with Crippen LogP contribution in [0.4, 0.5) is 0 Å². The summed E-state index contributed by atoms with van der Waals surface area (Å²) >= 11 is 0. The summed E-state index contributed by atoms with van der Waals surface area (Å²) < 4.78 is 5.61. The highest BCUT2D eigenvalue weighted by Crippen LogP contribution is 2.37. The average Bonchev–Trinajstić information content (AvgIpc) is 2.89. The molecule has 92 valence electrons. The number of benzene rings is 1. The Bertz CT molecular complexity index is 429. The van der Waals surface area contributed by atoms with Gasteiger partial charge in [-0.3, -0.25) is 4.99 Å². The van der Waals surface area contributed by atoms with Crippen LogP contribution in [0.5, 0.6) is 5.75 Å². The molecule has 17 heavy (non-hydrogen) atoms. The number of nitrogens with one attached hydrogen (secondary N) is 1. The maximum atomic E-state index is 5.76. The summed E-state index contributed by atoms with van der Waals surface area (Å²) in [4.78, 5) is 6.07. The molecule has 0 saturated carbocycles. The zero-order valence-electron chi connectivity index (χ0n) is 8.78. The van der Waals surface area contributed by atoms with Crippen LogP contribution in [0.2, 0.25) is 0 Å². The molecule has 3 nitrogen and oxygen atoms in total. The van der Waals surface area contributed by atoms with Gasteiger partial charge in [0, 0.05) is 16.3 Å². The van der Waals surface area contributed by atoms with Crippen molar-refractivity contribution in [2.24, 2.45) is 4.99 Å². The van der Waals surface area contributed by atoms with Gasteiger partial charge in [-0.1, -0.05) is 0 Å². The normalized spacial score (nSPS) is 14.4. The van der Waals surface area contributed by atoms with Crippen LogP contribution in [-0.4, -0.2) is 25.5 Å². The number of rotatable bonds is 5. The zero-order valence-corrected chi connectivity index (χ0v) is 11.9. The summed E-state index contributed by atoms with van der Waals surface area (Å²) in [6.45, 7) is 2.17. The summed E-state index contributed by atoms with van der Waals surface area (Å²) in [5.41, 5.74) is 0. The van der Waals surface area contributed by atoms with E-state index in [1.54, 1.807) is 0 Å². The second-order valence-corrected chi connectivity index (χ2v) is 5.42. The van der Waals surface area contributed by atoms with Crippen LogP contribution in [0.3, 0.4) is 0 Å². The third-order valence-corrected chi connectivity index (χ3v) is 4.35. The van der Waals surface area contributed by atoms with Crippen molar-refractivity contribution in [3.05, 3.63) is 18.2 Å². The van der Waals surface area contributed by atoms with Gasteiger partial charge in [-0.25, -0.2) is 0 Å². The fraction of sp³-hybridized carbons (Fsp3) is 0.300. The van der Waals surface area contributed by atoms with E-state index in [1.807, 2.05) is 18.2 Å². The van der Waals surface area contributed by atoms with Crippen molar-refractivity contribution in [3.8, 4) is 5.75 Å². The van der Waals surface area contributed by atoms with Crippen LogP contribution in [0, 0.1) is 0 Å². The molecule has 0 saturated heterocycles. The number of nitrogens with zero attached hydrogens (tertiary/aromatic N) is 1. The van der Waals surface area contributed by atoms with E-state index in [0.29, 0.717) is 6.61 Å². The molecule has 1 aromatic rings. The van der Waals surface area contributed by atoms with Crippen LogP contribution in [0.25, 0.3) is 0 Å². The van der Waals surface area contributed by atoms with Crippen LogP contribution in [0.15, 0.2) is 33.0 Å². The molecule has 0 unspecified atom stereocenters. The van der Waals surface area contributed by atoms with Crippen LogP contribution >= 0.6 is 43.3 Å². The Labute approximate surface area is 117 Å². The topological polar surface area (TPSA) is 33.6 Å². The van der Waals surface area contributed by atoms with E-state index in [1.165, 1.54) is 0 Å². The quantitative estimate of drug-likeness (QED) is 0.902. The molecule has 0 fully saturated rings. The predicted octanol–water partition coefficient (Wildman–Crippen LogP) is 3.56. The molecule has 0 bridgehead atoms. The van der Waals surface area contributed by atoms with Gasteiger partial charge in [0.1, 0.15) is 18.2 Å². The van der Waals surface area contributed by atoms with Gasteiger partial charge in [-0.15, -0.1) is 0 Å². The number of ether oxygens (including phenoxy) is 1. The van der Waals surface area contributed by atoms with E-state index < -0.39 is 0 Å². The largest absolute Gasteiger partial charge is 0.486 e. The Hall–Kier alpha value is -0.230. The summed E-state index contributed by atoms with van der Waals surface area (Å²) in [5, 5.41) is 3.15. The van der Waals surface area contributed by atoms with Crippen LogP contribution in [-0.2, 0) is 0 Å². The summed E-state index contributed by atoms with van der Waals surface area (Å²) in [6.07, 6.45) is 0. The van der Waals surface area contributed by atoms with Crippen LogP contribution < -0.4 is 10.1 Å². The second kappa shape index (κ2) is 6.64. The minimum Gasteiger partial charge on any atom is -0.486 e. The first-order chi connectivity index (χ1) is 8.33. The fourth-order valence-corrected chi connectivity index (χ4v) is 3.27. The lowest BCUT2D eigenvalue weighted by Crippen LogP contribution is -2.24. The standard InChI is InChI=1S/C10H10Cl2N2OS2/c11-16-8-2-1-7(5-9(8)17-12)15-6-10-13-3-4-14-10/h1-2,5H,3-4,6H2,(H,13,14). The molecule has 0 spiro atoms. The van der Waals surface area contributed by atoms with E-state index >= 15 is 0 Å². The van der Waals surface area contributed by atoms with Crippen LogP contribution in [0.1, 0.15) is 0 Å². The van der Waals surface area contributed by atoms with Crippen molar-refractivity contribution in [1.29, 1.82) is 0 Å². The van der Waals surface area contributed by atoms with E-state index in [0.717, 1.165) is 56.4 Å². The minimum atomic E-state index is 0.458. The van der Waals surface area contributed by atoms with Gasteiger partial charge in [0.15, 0.2) is 0 Å². The molecule has 0 aromatic heterocycles. The smallest absolute Gasteiger partial charge is 0.145 e. The molecule has 7 heteroatoms. The third-order valence-electron chi connectivity index (χ3n) is 2.20. The zero-order chi connectivity index (χ0) is 12.1. The number of aliphatic imine (C=N–C) groups is 1. The van der Waals surface area contributed by atoms with Gasteiger partial charge in [0.2, 0.25) is 0 Å². The molecule has 1 N–H and O–H groups in total. The lowest BCUT2D eigenvalue weighted by Gasteiger charge is -2.09. The average molecular weight is 309 g/mol. The molecule has 0 atom stereocenters. The van der Waals surface area contributed by atoms with Crippen molar-refractivity contribution in [3.63, 3.8) is 0 Å². The molecular formula is C10H10Cl2N2OS2. The Morgan fingerprint density at radius 3 is 2.76 bits per heavy atom. The van der Waals surface area contributed by atoms with E-state index in [4.69, 9.17) is 26.1 Å². The van der Waals surface area contributed by atoms with E-state index in [9.17, 15) is 0 Å². The van der Waals surface area contributed by atoms with Crippen molar-refractivity contribution in [2.75, 3.05) is 19.7 Å². The molecule has 1 heterocycles. The predicted molar refractivity (Wildman–Crippen MR) is 75.7 cm³/mol. The lowest BCUT2D eigenvalue weighted by atomic mass is 10.3. The Morgan fingerprint density at radius 1 is 1.29 bits per heavy atom. The Kier molecular flexibility index (Phi) is 5.16. The van der Waals surface area contributed by atoms with Gasteiger partial charge in [0.05, 0.1) is 6.54 Å². The molecule has 1 aliphatic heterocycles. The van der Waals surface area contributed by atoms with Crippen molar-refractivity contribution < 1.29 is 4.74 Å².